The summed E-state index contributed by atoms with van der Waals surface area (Å²) in [5.41, 5.74) is 0.858. The van der Waals surface area contributed by atoms with E-state index in [-0.39, 0.29) is 0 Å². The minimum absolute atomic E-state index is 0.380. The van der Waals surface area contributed by atoms with E-state index >= 15 is 0 Å². The van der Waals surface area contributed by atoms with Gasteiger partial charge in [-0.25, -0.2) is 0 Å². The van der Waals surface area contributed by atoms with E-state index in [9.17, 15) is 0 Å². The Morgan fingerprint density at radius 3 is 2.72 bits per heavy atom. The summed E-state index contributed by atoms with van der Waals surface area (Å²) in [6.45, 7) is 3.62. The van der Waals surface area contributed by atoms with E-state index in [0.29, 0.717) is 23.5 Å². The third-order valence-electron chi connectivity index (χ3n) is 2.27. The minimum Gasteiger partial charge on any atom is -0.406 e. The average Bonchev–Trinajstić information content (AvgIpc) is 2.80. The zero-order valence-electron chi connectivity index (χ0n) is 10.1. The first-order valence-corrected chi connectivity index (χ1v) is 6.21. The van der Waals surface area contributed by atoms with Gasteiger partial charge < -0.3 is 15.1 Å². The molecule has 0 aliphatic heterocycles. The van der Waals surface area contributed by atoms with Crippen LogP contribution in [0.15, 0.2) is 28.7 Å². The van der Waals surface area contributed by atoms with E-state index in [1.165, 1.54) is 0 Å². The van der Waals surface area contributed by atoms with Crippen molar-refractivity contribution in [2.45, 2.75) is 19.9 Å². The lowest BCUT2D eigenvalue weighted by Gasteiger charge is -2.00. The molecule has 0 atom stereocenters. The van der Waals surface area contributed by atoms with E-state index in [2.05, 4.69) is 27.8 Å². The van der Waals surface area contributed by atoms with Gasteiger partial charge in [0.05, 0.1) is 6.54 Å². The first kappa shape index (κ1) is 12.9. The standard InChI is InChI=1S/C12H15ClN4O/c1-2-7-14-8-11-16-17-12(18-11)15-10-5-3-9(13)4-6-10/h3-6,14H,2,7-8H2,1H3,(H,15,17). The third kappa shape index (κ3) is 3.72. The molecule has 2 N–H and O–H groups in total. The number of hydrogen-bond acceptors (Lipinski definition) is 5. The molecule has 5 nitrogen and oxygen atoms in total. The van der Waals surface area contributed by atoms with E-state index < -0.39 is 0 Å². The molecule has 1 aromatic heterocycles. The molecule has 0 unspecified atom stereocenters. The van der Waals surface area contributed by atoms with Crippen LogP contribution in [0, 0.1) is 0 Å². The molecule has 0 fully saturated rings. The number of nitrogens with one attached hydrogen (secondary N) is 2. The van der Waals surface area contributed by atoms with Crippen molar-refractivity contribution >= 4 is 23.3 Å². The molecule has 2 rings (SSSR count). The molecule has 96 valence electrons. The predicted molar refractivity (Wildman–Crippen MR) is 71.0 cm³/mol. The largest absolute Gasteiger partial charge is 0.406 e. The van der Waals surface area contributed by atoms with E-state index in [0.717, 1.165) is 18.7 Å². The van der Waals surface area contributed by atoms with Crippen molar-refractivity contribution in [3.8, 4) is 0 Å². The predicted octanol–water partition coefficient (Wildman–Crippen LogP) is 2.97. The molecular formula is C12H15ClN4O. The fraction of sp³-hybridized carbons (Fsp3) is 0.333. The van der Waals surface area contributed by atoms with Gasteiger partial charge in [0.1, 0.15) is 0 Å². The van der Waals surface area contributed by atoms with Crippen LogP contribution in [0.5, 0.6) is 0 Å². The Hall–Kier alpha value is -1.59. The van der Waals surface area contributed by atoms with Gasteiger partial charge in [0.2, 0.25) is 5.89 Å². The van der Waals surface area contributed by atoms with Crippen LogP contribution in [0.3, 0.4) is 0 Å². The van der Waals surface area contributed by atoms with Crippen LogP contribution in [-0.4, -0.2) is 16.7 Å². The molecule has 0 bridgehead atoms. The number of benzene rings is 1. The zero-order valence-corrected chi connectivity index (χ0v) is 10.9. The van der Waals surface area contributed by atoms with E-state index in [4.69, 9.17) is 16.0 Å². The molecule has 1 heterocycles. The fourth-order valence-corrected chi connectivity index (χ4v) is 1.53. The number of nitrogens with zero attached hydrogens (tertiary/aromatic N) is 2. The van der Waals surface area contributed by atoms with Gasteiger partial charge in [-0.3, -0.25) is 0 Å². The number of aromatic nitrogens is 2. The van der Waals surface area contributed by atoms with Gasteiger partial charge in [0.25, 0.3) is 0 Å². The van der Waals surface area contributed by atoms with Crippen molar-refractivity contribution in [3.05, 3.63) is 35.2 Å². The van der Waals surface area contributed by atoms with Crippen LogP contribution in [0.1, 0.15) is 19.2 Å². The summed E-state index contributed by atoms with van der Waals surface area (Å²) < 4.78 is 5.44. The van der Waals surface area contributed by atoms with Gasteiger partial charge in [-0.2, -0.15) is 0 Å². The van der Waals surface area contributed by atoms with Crippen molar-refractivity contribution < 1.29 is 4.42 Å². The average molecular weight is 267 g/mol. The topological polar surface area (TPSA) is 63.0 Å². The normalized spacial score (nSPS) is 10.6. The SMILES string of the molecule is CCCNCc1nnc(Nc2ccc(Cl)cc2)o1. The number of hydrogen-bond donors (Lipinski definition) is 2. The maximum absolute atomic E-state index is 5.80. The Morgan fingerprint density at radius 2 is 2.00 bits per heavy atom. The lowest BCUT2D eigenvalue weighted by molar-refractivity contribution is 0.479. The number of rotatable bonds is 6. The highest BCUT2D eigenvalue weighted by Gasteiger charge is 2.05. The first-order valence-electron chi connectivity index (χ1n) is 5.83. The quantitative estimate of drug-likeness (QED) is 0.787. The van der Waals surface area contributed by atoms with E-state index in [1.54, 1.807) is 12.1 Å². The molecule has 2 aromatic rings. The summed E-state index contributed by atoms with van der Waals surface area (Å²) in [5, 5.41) is 14.7. The maximum Gasteiger partial charge on any atom is 0.320 e. The van der Waals surface area contributed by atoms with E-state index in [1.807, 2.05) is 12.1 Å². The monoisotopic (exact) mass is 266 g/mol. The van der Waals surface area contributed by atoms with Crippen LogP contribution in [0.2, 0.25) is 5.02 Å². The van der Waals surface area contributed by atoms with Crippen molar-refractivity contribution in [2.24, 2.45) is 0 Å². The highest BCUT2D eigenvalue weighted by molar-refractivity contribution is 6.30. The van der Waals surface area contributed by atoms with Gasteiger partial charge >= 0.3 is 6.01 Å². The molecule has 0 aliphatic rings. The molecular weight excluding hydrogens is 252 g/mol. The highest BCUT2D eigenvalue weighted by atomic mass is 35.5. The third-order valence-corrected chi connectivity index (χ3v) is 2.52. The lowest BCUT2D eigenvalue weighted by Crippen LogP contribution is -2.13. The molecule has 0 amide bonds. The number of halogens is 1. The second-order valence-corrected chi connectivity index (χ2v) is 4.25. The Kier molecular flexibility index (Phi) is 4.55. The van der Waals surface area contributed by atoms with Gasteiger partial charge in [0.15, 0.2) is 0 Å². The summed E-state index contributed by atoms with van der Waals surface area (Å²) >= 11 is 5.80. The summed E-state index contributed by atoms with van der Waals surface area (Å²) in [6, 6.07) is 7.67. The van der Waals surface area contributed by atoms with Crippen molar-refractivity contribution in [2.75, 3.05) is 11.9 Å². The molecule has 1 aromatic carbocycles. The highest BCUT2D eigenvalue weighted by Crippen LogP contribution is 2.17. The Labute approximate surface area is 111 Å². The fourth-order valence-electron chi connectivity index (χ4n) is 1.40. The van der Waals surface area contributed by atoms with Gasteiger partial charge in [0, 0.05) is 10.7 Å². The molecule has 18 heavy (non-hydrogen) atoms. The molecule has 0 spiro atoms. The van der Waals surface area contributed by atoms with Crippen molar-refractivity contribution in [1.82, 2.24) is 15.5 Å². The minimum atomic E-state index is 0.380. The lowest BCUT2D eigenvalue weighted by atomic mass is 10.3. The summed E-state index contributed by atoms with van der Waals surface area (Å²) in [4.78, 5) is 0. The van der Waals surface area contributed by atoms with Crippen LogP contribution >= 0.6 is 11.6 Å². The molecule has 0 saturated carbocycles. The van der Waals surface area contributed by atoms with Crippen molar-refractivity contribution in [3.63, 3.8) is 0 Å². The summed E-state index contributed by atoms with van der Waals surface area (Å²) in [7, 11) is 0. The van der Waals surface area contributed by atoms with Crippen molar-refractivity contribution in [1.29, 1.82) is 0 Å². The van der Waals surface area contributed by atoms with Crippen LogP contribution in [0.25, 0.3) is 0 Å². The molecule has 0 saturated heterocycles. The summed E-state index contributed by atoms with van der Waals surface area (Å²) in [5.74, 6) is 0.569. The summed E-state index contributed by atoms with van der Waals surface area (Å²) in [6.07, 6.45) is 1.07. The first-order chi connectivity index (χ1) is 8.78. The van der Waals surface area contributed by atoms with Crippen LogP contribution in [0.4, 0.5) is 11.7 Å². The van der Waals surface area contributed by atoms with Gasteiger partial charge in [-0.1, -0.05) is 23.6 Å². The second kappa shape index (κ2) is 6.37. The van der Waals surface area contributed by atoms with Crippen LogP contribution < -0.4 is 10.6 Å². The Balaban J connectivity index is 1.91. The molecule has 6 heteroatoms. The molecule has 0 radical (unpaired) electrons. The van der Waals surface area contributed by atoms with Gasteiger partial charge in [-0.15, -0.1) is 5.10 Å². The second-order valence-electron chi connectivity index (χ2n) is 3.81. The zero-order chi connectivity index (χ0) is 12.8. The Morgan fingerprint density at radius 1 is 1.22 bits per heavy atom. The Bertz CT molecular complexity index is 483. The van der Waals surface area contributed by atoms with Crippen LogP contribution in [-0.2, 0) is 6.54 Å². The smallest absolute Gasteiger partial charge is 0.320 e. The van der Waals surface area contributed by atoms with Gasteiger partial charge in [-0.05, 0) is 37.2 Å². The maximum atomic E-state index is 5.80. The number of anilines is 2. The molecule has 0 aliphatic carbocycles.